The zero-order valence-corrected chi connectivity index (χ0v) is 13.8. The Bertz CT molecular complexity index is 794. The number of aromatic nitrogens is 3. The van der Waals surface area contributed by atoms with Gasteiger partial charge in [0.15, 0.2) is 5.89 Å². The van der Waals surface area contributed by atoms with Crippen molar-refractivity contribution >= 4 is 5.91 Å². The third kappa shape index (κ3) is 3.53. The molecule has 0 saturated heterocycles. The van der Waals surface area contributed by atoms with Crippen molar-refractivity contribution in [1.29, 1.82) is 0 Å². The molecular formula is C18H20N4O2. The Hall–Kier alpha value is -2.89. The van der Waals surface area contributed by atoms with Gasteiger partial charge in [-0.25, -0.2) is 9.97 Å². The minimum atomic E-state index is -0.256. The number of carbonyl (C=O) groups excluding carboxylic acids is 1. The van der Waals surface area contributed by atoms with Gasteiger partial charge in [-0.15, -0.1) is 0 Å². The standard InChI is InChI=1S/C18H20N4O2/c1-3-16-20-13(2)17(24-16)18(23)21-15(11-22-10-9-19-12-22)14-7-5-4-6-8-14/h4-10,12,15H,3,11H2,1-2H3,(H,21,23)/t15-/m1/s1. The Morgan fingerprint density at radius 3 is 2.75 bits per heavy atom. The zero-order valence-electron chi connectivity index (χ0n) is 13.8. The van der Waals surface area contributed by atoms with Crippen LogP contribution in [0.2, 0.25) is 0 Å². The van der Waals surface area contributed by atoms with E-state index in [9.17, 15) is 4.79 Å². The third-order valence-electron chi connectivity index (χ3n) is 3.81. The van der Waals surface area contributed by atoms with Crippen LogP contribution in [0.3, 0.4) is 0 Å². The van der Waals surface area contributed by atoms with E-state index in [-0.39, 0.29) is 17.7 Å². The Kier molecular flexibility index (Phi) is 4.74. The Balaban J connectivity index is 1.83. The van der Waals surface area contributed by atoms with E-state index in [1.54, 1.807) is 19.4 Å². The first kappa shape index (κ1) is 16.0. The van der Waals surface area contributed by atoms with Gasteiger partial charge in [-0.1, -0.05) is 37.3 Å². The van der Waals surface area contributed by atoms with Crippen LogP contribution in [0.15, 0.2) is 53.5 Å². The Morgan fingerprint density at radius 2 is 2.12 bits per heavy atom. The van der Waals surface area contributed by atoms with Crippen LogP contribution < -0.4 is 5.32 Å². The Morgan fingerprint density at radius 1 is 1.33 bits per heavy atom. The molecule has 3 rings (SSSR count). The molecule has 1 aromatic carbocycles. The number of benzene rings is 1. The molecule has 6 nitrogen and oxygen atoms in total. The van der Waals surface area contributed by atoms with Gasteiger partial charge in [-0.2, -0.15) is 0 Å². The van der Waals surface area contributed by atoms with Crippen molar-refractivity contribution in [1.82, 2.24) is 19.9 Å². The van der Waals surface area contributed by atoms with Crippen LogP contribution in [0, 0.1) is 6.92 Å². The second-order valence-corrected chi connectivity index (χ2v) is 5.57. The first-order valence-electron chi connectivity index (χ1n) is 7.95. The molecule has 6 heteroatoms. The summed E-state index contributed by atoms with van der Waals surface area (Å²) in [6, 6.07) is 9.66. The van der Waals surface area contributed by atoms with Gasteiger partial charge in [0.25, 0.3) is 5.91 Å². The summed E-state index contributed by atoms with van der Waals surface area (Å²) in [4.78, 5) is 21.0. The number of nitrogens with one attached hydrogen (secondary N) is 1. The van der Waals surface area contributed by atoms with Gasteiger partial charge in [-0.3, -0.25) is 4.79 Å². The first-order chi connectivity index (χ1) is 11.7. The summed E-state index contributed by atoms with van der Waals surface area (Å²) in [6.07, 6.45) is 5.98. The van der Waals surface area contributed by atoms with Crippen LogP contribution >= 0.6 is 0 Å². The first-order valence-corrected chi connectivity index (χ1v) is 7.95. The molecule has 24 heavy (non-hydrogen) atoms. The van der Waals surface area contributed by atoms with E-state index in [2.05, 4.69) is 15.3 Å². The molecule has 0 saturated carbocycles. The van der Waals surface area contributed by atoms with E-state index >= 15 is 0 Å². The summed E-state index contributed by atoms with van der Waals surface area (Å²) in [5.41, 5.74) is 1.63. The fourth-order valence-electron chi connectivity index (χ4n) is 2.56. The SMILES string of the molecule is CCc1nc(C)c(C(=O)N[C@H](Cn2ccnc2)c2ccccc2)o1. The lowest BCUT2D eigenvalue weighted by atomic mass is 10.1. The quantitative estimate of drug-likeness (QED) is 0.756. The largest absolute Gasteiger partial charge is 0.435 e. The highest BCUT2D eigenvalue weighted by Gasteiger charge is 2.21. The Labute approximate surface area is 140 Å². The average molecular weight is 324 g/mol. The summed E-state index contributed by atoms with van der Waals surface area (Å²) in [5, 5.41) is 3.04. The normalized spacial score (nSPS) is 12.1. The number of rotatable bonds is 6. The van der Waals surface area contributed by atoms with Crippen molar-refractivity contribution in [3.05, 3.63) is 72.0 Å². The summed E-state index contributed by atoms with van der Waals surface area (Å²) < 4.78 is 7.49. The van der Waals surface area contributed by atoms with Crippen LogP contribution in [-0.2, 0) is 13.0 Å². The van der Waals surface area contributed by atoms with Gasteiger partial charge in [0.05, 0.1) is 18.1 Å². The number of nitrogens with zero attached hydrogens (tertiary/aromatic N) is 3. The molecule has 0 aliphatic heterocycles. The number of hydrogen-bond acceptors (Lipinski definition) is 4. The van der Waals surface area contributed by atoms with Crippen LogP contribution in [-0.4, -0.2) is 20.4 Å². The van der Waals surface area contributed by atoms with Crippen molar-refractivity contribution in [2.24, 2.45) is 0 Å². The lowest BCUT2D eigenvalue weighted by molar-refractivity contribution is 0.0902. The lowest BCUT2D eigenvalue weighted by Gasteiger charge is -2.19. The molecule has 124 valence electrons. The molecule has 1 N–H and O–H groups in total. The predicted molar refractivity (Wildman–Crippen MR) is 89.5 cm³/mol. The highest BCUT2D eigenvalue weighted by molar-refractivity contribution is 5.92. The summed E-state index contributed by atoms with van der Waals surface area (Å²) in [7, 11) is 0. The molecule has 0 radical (unpaired) electrons. The molecule has 1 amide bonds. The fraction of sp³-hybridized carbons (Fsp3) is 0.278. The van der Waals surface area contributed by atoms with E-state index in [1.165, 1.54) is 0 Å². The minimum Gasteiger partial charge on any atom is -0.435 e. The molecule has 0 aliphatic carbocycles. The maximum absolute atomic E-state index is 12.6. The number of imidazole rings is 1. The van der Waals surface area contributed by atoms with Crippen molar-refractivity contribution in [3.8, 4) is 0 Å². The smallest absolute Gasteiger partial charge is 0.289 e. The molecule has 0 aliphatic rings. The number of oxazole rings is 1. The van der Waals surface area contributed by atoms with Gasteiger partial charge in [0, 0.05) is 25.4 Å². The van der Waals surface area contributed by atoms with Gasteiger partial charge >= 0.3 is 0 Å². The fourth-order valence-corrected chi connectivity index (χ4v) is 2.56. The average Bonchev–Trinajstić information content (AvgIpc) is 3.24. The second kappa shape index (κ2) is 7.12. The minimum absolute atomic E-state index is 0.192. The lowest BCUT2D eigenvalue weighted by Crippen LogP contribution is -2.31. The van der Waals surface area contributed by atoms with Crippen LogP contribution in [0.25, 0.3) is 0 Å². The van der Waals surface area contributed by atoms with Gasteiger partial charge in [-0.05, 0) is 12.5 Å². The highest BCUT2D eigenvalue weighted by atomic mass is 16.4. The van der Waals surface area contributed by atoms with Crippen LogP contribution in [0.5, 0.6) is 0 Å². The van der Waals surface area contributed by atoms with Gasteiger partial charge < -0.3 is 14.3 Å². The highest BCUT2D eigenvalue weighted by Crippen LogP contribution is 2.17. The summed E-state index contributed by atoms with van der Waals surface area (Å²) in [6.45, 7) is 4.31. The van der Waals surface area contributed by atoms with E-state index in [0.29, 0.717) is 24.6 Å². The van der Waals surface area contributed by atoms with E-state index in [0.717, 1.165) is 5.56 Å². The molecule has 0 bridgehead atoms. The van der Waals surface area contributed by atoms with Gasteiger partial charge in [0.2, 0.25) is 5.76 Å². The molecule has 3 aromatic rings. The molecule has 0 spiro atoms. The van der Waals surface area contributed by atoms with Crippen molar-refractivity contribution in [2.45, 2.75) is 32.9 Å². The monoisotopic (exact) mass is 324 g/mol. The maximum atomic E-state index is 12.6. The van der Waals surface area contributed by atoms with Crippen molar-refractivity contribution in [3.63, 3.8) is 0 Å². The summed E-state index contributed by atoms with van der Waals surface area (Å²) in [5.74, 6) is 0.593. The molecular weight excluding hydrogens is 304 g/mol. The van der Waals surface area contributed by atoms with E-state index in [4.69, 9.17) is 4.42 Å². The number of aryl methyl sites for hydroxylation is 2. The van der Waals surface area contributed by atoms with Gasteiger partial charge in [0.1, 0.15) is 0 Å². The zero-order chi connectivity index (χ0) is 16.9. The summed E-state index contributed by atoms with van der Waals surface area (Å²) >= 11 is 0. The van der Waals surface area contributed by atoms with Crippen molar-refractivity contribution in [2.75, 3.05) is 0 Å². The molecule has 0 unspecified atom stereocenters. The molecule has 0 fully saturated rings. The van der Waals surface area contributed by atoms with Crippen LogP contribution in [0.1, 0.15) is 40.7 Å². The molecule has 1 atom stereocenters. The van der Waals surface area contributed by atoms with Crippen molar-refractivity contribution < 1.29 is 9.21 Å². The number of amides is 1. The number of hydrogen-bond donors (Lipinski definition) is 1. The third-order valence-corrected chi connectivity index (χ3v) is 3.81. The predicted octanol–water partition coefficient (Wildman–Crippen LogP) is 2.91. The molecule has 2 heterocycles. The van der Waals surface area contributed by atoms with E-state index in [1.807, 2.05) is 48.0 Å². The van der Waals surface area contributed by atoms with E-state index < -0.39 is 0 Å². The van der Waals surface area contributed by atoms with Crippen LogP contribution in [0.4, 0.5) is 0 Å². The molecule has 2 aromatic heterocycles. The topological polar surface area (TPSA) is 73.0 Å². The number of carbonyl (C=O) groups is 1. The maximum Gasteiger partial charge on any atom is 0.289 e. The second-order valence-electron chi connectivity index (χ2n) is 5.57.